The number of para-hydroxylation sites is 1. The normalized spacial score (nSPS) is 17.6. The molecule has 0 spiro atoms. The van der Waals surface area contributed by atoms with E-state index in [1.54, 1.807) is 0 Å². The number of rotatable bonds is 4. The van der Waals surface area contributed by atoms with Crippen LogP contribution < -0.4 is 9.80 Å². The summed E-state index contributed by atoms with van der Waals surface area (Å²) in [4.78, 5) is 4.98. The fourth-order valence-corrected chi connectivity index (χ4v) is 10.2. The maximum atomic E-state index is 2.52. The van der Waals surface area contributed by atoms with Crippen molar-refractivity contribution in [1.29, 1.82) is 0 Å². The molecule has 0 atom stereocenters. The number of hydrogen-bond donors (Lipinski definition) is 0. The highest BCUT2D eigenvalue weighted by molar-refractivity contribution is 5.94. The maximum Gasteiger partial charge on any atom is 0.0504 e. The van der Waals surface area contributed by atoms with Crippen LogP contribution in [0.25, 0.3) is 16.7 Å². The highest BCUT2D eigenvalue weighted by Crippen LogP contribution is 2.57. The second-order valence-electron chi connectivity index (χ2n) is 17.4. The van der Waals surface area contributed by atoms with Gasteiger partial charge in [-0.15, -0.1) is 0 Å². The molecule has 0 amide bonds. The van der Waals surface area contributed by atoms with Gasteiger partial charge in [0.1, 0.15) is 0 Å². The molecule has 6 aromatic rings. The first kappa shape index (κ1) is 33.0. The lowest BCUT2D eigenvalue weighted by Crippen LogP contribution is -2.31. The third-order valence-corrected chi connectivity index (χ3v) is 13.1. The molecule has 3 aliphatic carbocycles. The Morgan fingerprint density at radius 3 is 1.85 bits per heavy atom. The van der Waals surface area contributed by atoms with Crippen molar-refractivity contribution in [2.45, 2.75) is 77.6 Å². The summed E-state index contributed by atoms with van der Waals surface area (Å²) in [6.07, 6.45) is 7.17. The van der Waals surface area contributed by atoms with Crippen LogP contribution in [0.2, 0.25) is 0 Å². The molecule has 1 heterocycles. The molecule has 4 aliphatic rings. The first-order valence-electron chi connectivity index (χ1n) is 19.7. The van der Waals surface area contributed by atoms with Crippen molar-refractivity contribution in [1.82, 2.24) is 0 Å². The zero-order valence-corrected chi connectivity index (χ0v) is 32.6. The molecule has 0 radical (unpaired) electrons. The van der Waals surface area contributed by atoms with Crippen molar-refractivity contribution in [3.8, 4) is 11.1 Å². The van der Waals surface area contributed by atoms with Crippen molar-refractivity contribution in [3.63, 3.8) is 0 Å². The minimum absolute atomic E-state index is 0.0360. The van der Waals surface area contributed by atoms with Crippen LogP contribution in [0.1, 0.15) is 93.3 Å². The van der Waals surface area contributed by atoms with Gasteiger partial charge >= 0.3 is 0 Å². The summed E-state index contributed by atoms with van der Waals surface area (Å²) >= 11 is 0. The lowest BCUT2D eigenvalue weighted by Gasteiger charge is -2.43. The van der Waals surface area contributed by atoms with E-state index in [9.17, 15) is 0 Å². The quantitative estimate of drug-likeness (QED) is 0.181. The van der Waals surface area contributed by atoms with Crippen molar-refractivity contribution in [2.24, 2.45) is 0 Å². The van der Waals surface area contributed by atoms with Crippen LogP contribution in [0.15, 0.2) is 145 Å². The molecule has 266 valence electrons. The zero-order chi connectivity index (χ0) is 37.1. The third-order valence-electron chi connectivity index (χ3n) is 13.1. The Hall–Kier alpha value is -5.60. The second-order valence-corrected chi connectivity index (χ2v) is 17.4. The monoisotopic (exact) mass is 700 g/mol. The van der Waals surface area contributed by atoms with Crippen LogP contribution in [0.5, 0.6) is 0 Å². The zero-order valence-electron chi connectivity index (χ0n) is 32.6. The highest BCUT2D eigenvalue weighted by Gasteiger charge is 2.41. The standard InChI is InChI=1S/C52H48N2/c1-33-21-27-48-46(29-33)52(6,7)47-32-36(24-28-49(47)54(48)37-23-26-41-39-18-12-14-20-43(39)51(4,5)45(41)31-37)53(34-15-9-8-10-16-34)35-22-25-40-38-17-11-13-19-42(38)50(2,3)44(40)30-35/h8-10,12,14-32H,11,13H2,1-7H3. The van der Waals surface area contributed by atoms with E-state index in [4.69, 9.17) is 0 Å². The van der Waals surface area contributed by atoms with Crippen molar-refractivity contribution in [2.75, 3.05) is 9.80 Å². The second kappa shape index (κ2) is 11.5. The van der Waals surface area contributed by atoms with E-state index < -0.39 is 0 Å². The Kier molecular flexibility index (Phi) is 7.00. The summed E-state index contributed by atoms with van der Waals surface area (Å²) in [6, 6.07) is 48.3. The molecule has 0 N–H and O–H groups in total. The molecule has 10 rings (SSSR count). The van der Waals surface area contributed by atoms with Gasteiger partial charge in [0.05, 0.1) is 11.4 Å². The highest BCUT2D eigenvalue weighted by atomic mass is 15.2. The van der Waals surface area contributed by atoms with Crippen molar-refractivity contribution < 1.29 is 0 Å². The first-order valence-corrected chi connectivity index (χ1v) is 19.7. The van der Waals surface area contributed by atoms with Crippen LogP contribution >= 0.6 is 0 Å². The molecule has 1 aliphatic heterocycles. The molecule has 2 nitrogen and oxygen atoms in total. The summed E-state index contributed by atoms with van der Waals surface area (Å²) in [5.41, 5.74) is 22.0. The summed E-state index contributed by atoms with van der Waals surface area (Å²) in [5.74, 6) is 0. The van der Waals surface area contributed by atoms with Gasteiger partial charge in [0, 0.05) is 39.0 Å². The summed E-state index contributed by atoms with van der Waals surface area (Å²) in [5, 5.41) is 0. The van der Waals surface area contributed by atoms with E-state index in [1.807, 2.05) is 0 Å². The lowest BCUT2D eigenvalue weighted by atomic mass is 9.73. The molecular weight excluding hydrogens is 653 g/mol. The fourth-order valence-electron chi connectivity index (χ4n) is 10.2. The van der Waals surface area contributed by atoms with Crippen LogP contribution in [-0.2, 0) is 16.2 Å². The number of benzene rings is 6. The molecular formula is C52H48N2. The van der Waals surface area contributed by atoms with Crippen LogP contribution in [0.4, 0.5) is 34.1 Å². The van der Waals surface area contributed by atoms with Crippen molar-refractivity contribution >= 4 is 39.7 Å². The van der Waals surface area contributed by atoms with E-state index in [-0.39, 0.29) is 16.2 Å². The Labute approximate surface area is 321 Å². The van der Waals surface area contributed by atoms with E-state index in [2.05, 4.69) is 198 Å². The first-order chi connectivity index (χ1) is 26.0. The lowest BCUT2D eigenvalue weighted by molar-refractivity contribution is 0.631. The van der Waals surface area contributed by atoms with E-state index in [0.29, 0.717) is 0 Å². The Morgan fingerprint density at radius 1 is 0.463 bits per heavy atom. The molecule has 6 aromatic carbocycles. The van der Waals surface area contributed by atoms with Crippen LogP contribution in [0, 0.1) is 6.92 Å². The van der Waals surface area contributed by atoms with E-state index >= 15 is 0 Å². The summed E-state index contributed by atoms with van der Waals surface area (Å²) in [6.45, 7) is 16.6. The third kappa shape index (κ3) is 4.59. The van der Waals surface area contributed by atoms with Gasteiger partial charge in [0.2, 0.25) is 0 Å². The average molecular weight is 701 g/mol. The van der Waals surface area contributed by atoms with E-state index in [0.717, 1.165) is 18.5 Å². The number of allylic oxidation sites excluding steroid dienone is 4. The number of nitrogens with zero attached hydrogens (tertiary/aromatic N) is 2. The predicted octanol–water partition coefficient (Wildman–Crippen LogP) is 14.3. The maximum absolute atomic E-state index is 2.52. The SMILES string of the molecule is Cc1ccc2c(c1)C(C)(C)c1cc(N(c3ccccc3)c3ccc4c(c3)C(C)(C)C3=CCCC=C34)ccc1N2c1ccc2c(c1)C(C)(C)c1ccccc1-2. The Bertz CT molecular complexity index is 2600. The molecule has 0 unspecified atom stereocenters. The van der Waals surface area contributed by atoms with Crippen LogP contribution in [0.3, 0.4) is 0 Å². The molecule has 54 heavy (non-hydrogen) atoms. The largest absolute Gasteiger partial charge is 0.310 e. The van der Waals surface area contributed by atoms with Gasteiger partial charge in [-0.1, -0.05) is 126 Å². The minimum Gasteiger partial charge on any atom is -0.310 e. The molecule has 0 fully saturated rings. The van der Waals surface area contributed by atoms with Gasteiger partial charge in [0.15, 0.2) is 0 Å². The summed E-state index contributed by atoms with van der Waals surface area (Å²) < 4.78 is 0. The summed E-state index contributed by atoms with van der Waals surface area (Å²) in [7, 11) is 0. The van der Waals surface area contributed by atoms with Gasteiger partial charge in [-0.2, -0.15) is 0 Å². The van der Waals surface area contributed by atoms with Gasteiger partial charge in [0.25, 0.3) is 0 Å². The fraction of sp³-hybridized carbons (Fsp3) is 0.231. The number of fused-ring (bicyclic) bond motifs is 8. The van der Waals surface area contributed by atoms with Crippen LogP contribution in [-0.4, -0.2) is 0 Å². The number of aryl methyl sites for hydroxylation is 1. The van der Waals surface area contributed by atoms with Crippen molar-refractivity contribution in [3.05, 3.63) is 184 Å². The number of hydrogen-bond acceptors (Lipinski definition) is 2. The molecule has 0 saturated carbocycles. The Balaban J connectivity index is 1.16. The van der Waals surface area contributed by atoms with Gasteiger partial charge < -0.3 is 9.80 Å². The molecule has 0 saturated heterocycles. The molecule has 2 heteroatoms. The predicted molar refractivity (Wildman–Crippen MR) is 229 cm³/mol. The van der Waals surface area contributed by atoms with Gasteiger partial charge in [-0.05, 0) is 136 Å². The topological polar surface area (TPSA) is 6.48 Å². The molecule has 0 aromatic heterocycles. The number of anilines is 6. The average Bonchev–Trinajstić information content (AvgIpc) is 3.55. The molecule has 0 bridgehead atoms. The van der Waals surface area contributed by atoms with Gasteiger partial charge in [-0.25, -0.2) is 0 Å². The van der Waals surface area contributed by atoms with E-state index in [1.165, 1.54) is 89.7 Å². The minimum atomic E-state index is -0.230. The smallest absolute Gasteiger partial charge is 0.0504 e. The Morgan fingerprint density at radius 2 is 1.06 bits per heavy atom. The van der Waals surface area contributed by atoms with Gasteiger partial charge in [-0.3, -0.25) is 0 Å².